The third-order valence-corrected chi connectivity index (χ3v) is 3.90. The Morgan fingerprint density at radius 2 is 1.71 bits per heavy atom. The van der Waals surface area contributed by atoms with Crippen molar-refractivity contribution in [3.05, 3.63) is 83.7 Å². The highest BCUT2D eigenvalue weighted by atomic mass is 16.5. The molecule has 3 rings (SSSR count). The fraction of sp³-hybridized carbons (Fsp3) is 0.0476. The molecular weight excluding hydrogens is 356 g/mol. The number of para-hydroxylation sites is 2. The van der Waals surface area contributed by atoms with Crippen LogP contribution in [0.15, 0.2) is 66.9 Å². The minimum absolute atomic E-state index is 0.194. The van der Waals surface area contributed by atoms with E-state index in [9.17, 15) is 9.59 Å². The molecule has 2 aromatic carbocycles. The lowest BCUT2D eigenvalue weighted by molar-refractivity contribution is 0.0601. The molecule has 2 N–H and O–H groups in total. The van der Waals surface area contributed by atoms with Crippen LogP contribution in [0.2, 0.25) is 0 Å². The van der Waals surface area contributed by atoms with Gasteiger partial charge in [-0.05, 0) is 36.4 Å². The van der Waals surface area contributed by atoms with Crippen LogP contribution in [0.25, 0.3) is 0 Å². The number of nitriles is 1. The number of nitrogens with zero attached hydrogens (tertiary/aromatic N) is 2. The van der Waals surface area contributed by atoms with Gasteiger partial charge in [0.2, 0.25) is 0 Å². The van der Waals surface area contributed by atoms with Crippen LogP contribution in [0.1, 0.15) is 26.4 Å². The quantitative estimate of drug-likeness (QED) is 0.661. The number of rotatable bonds is 5. The average molecular weight is 372 g/mol. The molecule has 0 unspecified atom stereocenters. The van der Waals surface area contributed by atoms with Crippen LogP contribution in [0.5, 0.6) is 0 Å². The van der Waals surface area contributed by atoms with Gasteiger partial charge in [0.05, 0.1) is 41.5 Å². The van der Waals surface area contributed by atoms with Crippen LogP contribution in [-0.2, 0) is 4.74 Å². The molecule has 0 fully saturated rings. The highest BCUT2D eigenvalue weighted by molar-refractivity contribution is 6.03. The number of ether oxygens (including phenoxy) is 1. The first-order valence-electron chi connectivity index (χ1n) is 8.33. The van der Waals surface area contributed by atoms with E-state index in [0.29, 0.717) is 28.2 Å². The van der Waals surface area contributed by atoms with E-state index in [1.165, 1.54) is 13.3 Å². The molecular formula is C21H16N4O3. The van der Waals surface area contributed by atoms with Gasteiger partial charge in [-0.2, -0.15) is 5.26 Å². The second-order valence-electron chi connectivity index (χ2n) is 5.71. The third-order valence-electron chi connectivity index (χ3n) is 3.90. The monoisotopic (exact) mass is 372 g/mol. The summed E-state index contributed by atoms with van der Waals surface area (Å²) in [4.78, 5) is 28.4. The molecule has 138 valence electrons. The van der Waals surface area contributed by atoms with Crippen LogP contribution in [-0.4, -0.2) is 24.0 Å². The fourth-order valence-corrected chi connectivity index (χ4v) is 2.51. The van der Waals surface area contributed by atoms with Gasteiger partial charge in [-0.15, -0.1) is 0 Å². The zero-order chi connectivity index (χ0) is 19.9. The Balaban J connectivity index is 1.75. The number of benzene rings is 2. The number of nitrogens with one attached hydrogen (secondary N) is 2. The van der Waals surface area contributed by atoms with Crippen molar-refractivity contribution in [1.82, 2.24) is 4.98 Å². The first-order chi connectivity index (χ1) is 13.6. The molecule has 0 aliphatic heterocycles. The van der Waals surface area contributed by atoms with Gasteiger partial charge in [0.15, 0.2) is 0 Å². The first kappa shape index (κ1) is 18.6. The van der Waals surface area contributed by atoms with E-state index in [0.717, 1.165) is 0 Å². The Labute approximate surface area is 161 Å². The Kier molecular flexibility index (Phi) is 5.63. The molecule has 1 amide bonds. The zero-order valence-corrected chi connectivity index (χ0v) is 15.0. The third kappa shape index (κ3) is 4.14. The lowest BCUT2D eigenvalue weighted by Crippen LogP contribution is -2.14. The Morgan fingerprint density at radius 1 is 1.00 bits per heavy atom. The molecule has 1 aromatic heterocycles. The molecule has 0 spiro atoms. The fourth-order valence-electron chi connectivity index (χ4n) is 2.51. The summed E-state index contributed by atoms with van der Waals surface area (Å²) < 4.78 is 4.77. The van der Waals surface area contributed by atoms with E-state index in [-0.39, 0.29) is 5.69 Å². The highest BCUT2D eigenvalue weighted by Crippen LogP contribution is 2.21. The molecule has 7 nitrogen and oxygen atoms in total. The van der Waals surface area contributed by atoms with Crippen molar-refractivity contribution in [2.24, 2.45) is 0 Å². The molecule has 0 bridgehead atoms. The summed E-state index contributed by atoms with van der Waals surface area (Å²) in [5.74, 6) is -0.882. The van der Waals surface area contributed by atoms with Crippen LogP contribution in [0, 0.1) is 11.3 Å². The maximum Gasteiger partial charge on any atom is 0.339 e. The van der Waals surface area contributed by atoms with Crippen LogP contribution in [0.3, 0.4) is 0 Å². The molecule has 7 heteroatoms. The number of hydrogen-bond donors (Lipinski definition) is 2. The number of carbonyl (C=O) groups excluding carboxylic acids is 2. The summed E-state index contributed by atoms with van der Waals surface area (Å²) in [6.45, 7) is 0. The van der Waals surface area contributed by atoms with Crippen molar-refractivity contribution in [3.63, 3.8) is 0 Å². The van der Waals surface area contributed by atoms with E-state index in [1.54, 1.807) is 60.7 Å². The smallest absolute Gasteiger partial charge is 0.339 e. The molecule has 0 saturated carbocycles. The van der Waals surface area contributed by atoms with Crippen molar-refractivity contribution in [2.45, 2.75) is 0 Å². The summed E-state index contributed by atoms with van der Waals surface area (Å²) in [7, 11) is 1.32. The zero-order valence-electron chi connectivity index (χ0n) is 15.0. The van der Waals surface area contributed by atoms with E-state index in [2.05, 4.69) is 15.6 Å². The molecule has 3 aromatic rings. The largest absolute Gasteiger partial charge is 0.465 e. The van der Waals surface area contributed by atoms with E-state index in [1.807, 2.05) is 6.07 Å². The number of amides is 1. The predicted octanol–water partition coefficient (Wildman–Crippen LogP) is 3.74. The van der Waals surface area contributed by atoms with Gasteiger partial charge in [0, 0.05) is 0 Å². The van der Waals surface area contributed by atoms with Crippen molar-refractivity contribution >= 4 is 28.9 Å². The maximum atomic E-state index is 12.4. The molecule has 0 aliphatic carbocycles. The number of anilines is 3. The van der Waals surface area contributed by atoms with Crippen LogP contribution >= 0.6 is 0 Å². The summed E-state index contributed by atoms with van der Waals surface area (Å²) in [6.07, 6.45) is 1.49. The summed E-state index contributed by atoms with van der Waals surface area (Å²) in [5, 5.41) is 14.9. The van der Waals surface area contributed by atoms with Gasteiger partial charge in [-0.25, -0.2) is 9.78 Å². The van der Waals surface area contributed by atoms with Gasteiger partial charge < -0.3 is 15.4 Å². The number of hydrogen-bond acceptors (Lipinski definition) is 6. The lowest BCUT2D eigenvalue weighted by atomic mass is 10.1. The average Bonchev–Trinajstić information content (AvgIpc) is 2.74. The molecule has 28 heavy (non-hydrogen) atoms. The second-order valence-corrected chi connectivity index (χ2v) is 5.71. The first-order valence-corrected chi connectivity index (χ1v) is 8.33. The van der Waals surface area contributed by atoms with Gasteiger partial charge in [-0.1, -0.05) is 24.3 Å². The highest BCUT2D eigenvalue weighted by Gasteiger charge is 2.13. The Morgan fingerprint density at radius 3 is 2.39 bits per heavy atom. The number of pyridine rings is 1. The lowest BCUT2D eigenvalue weighted by Gasteiger charge is -2.11. The summed E-state index contributed by atoms with van der Waals surface area (Å²) in [6, 6.07) is 18.9. The normalized spacial score (nSPS) is 9.86. The summed E-state index contributed by atoms with van der Waals surface area (Å²) >= 11 is 0. The van der Waals surface area contributed by atoms with Crippen molar-refractivity contribution in [3.8, 4) is 6.07 Å². The number of esters is 1. The predicted molar refractivity (Wildman–Crippen MR) is 104 cm³/mol. The molecule has 0 radical (unpaired) electrons. The van der Waals surface area contributed by atoms with Crippen LogP contribution < -0.4 is 10.6 Å². The summed E-state index contributed by atoms with van der Waals surface area (Å²) in [5.41, 5.74) is 2.54. The topological polar surface area (TPSA) is 104 Å². The minimum Gasteiger partial charge on any atom is -0.465 e. The Hall–Kier alpha value is -4.18. The minimum atomic E-state index is -0.455. The van der Waals surface area contributed by atoms with E-state index >= 15 is 0 Å². The van der Waals surface area contributed by atoms with Crippen molar-refractivity contribution in [1.29, 1.82) is 5.26 Å². The Bertz CT molecular complexity index is 1060. The second kappa shape index (κ2) is 8.47. The van der Waals surface area contributed by atoms with Gasteiger partial charge >= 0.3 is 5.97 Å². The van der Waals surface area contributed by atoms with Crippen molar-refractivity contribution in [2.75, 3.05) is 17.7 Å². The van der Waals surface area contributed by atoms with E-state index in [4.69, 9.17) is 10.00 Å². The SMILES string of the molecule is COC(=O)c1ccccc1Nc1ccc(C(=O)Nc2ccccc2C#N)nc1. The van der Waals surface area contributed by atoms with Gasteiger partial charge in [-0.3, -0.25) is 4.79 Å². The molecule has 1 heterocycles. The maximum absolute atomic E-state index is 12.4. The number of carbonyl (C=O) groups is 2. The van der Waals surface area contributed by atoms with Crippen LogP contribution in [0.4, 0.5) is 17.1 Å². The molecule has 0 aliphatic rings. The number of methoxy groups -OCH3 is 1. The van der Waals surface area contributed by atoms with Gasteiger partial charge in [0.1, 0.15) is 11.8 Å². The molecule has 0 saturated heterocycles. The van der Waals surface area contributed by atoms with Crippen molar-refractivity contribution < 1.29 is 14.3 Å². The number of aromatic nitrogens is 1. The van der Waals surface area contributed by atoms with Gasteiger partial charge in [0.25, 0.3) is 5.91 Å². The van der Waals surface area contributed by atoms with E-state index < -0.39 is 11.9 Å². The standard InChI is InChI=1S/C21H16N4O3/c1-28-21(27)16-7-3-5-9-18(16)24-15-10-11-19(23-13-15)20(26)25-17-8-4-2-6-14(17)12-22/h2-11,13,24H,1H3,(H,25,26). The molecule has 0 atom stereocenters.